The molecule has 8 heteroatoms. The van der Waals surface area contributed by atoms with Crippen molar-refractivity contribution >= 4 is 28.8 Å². The van der Waals surface area contributed by atoms with Gasteiger partial charge in [0, 0.05) is 24.0 Å². The van der Waals surface area contributed by atoms with Crippen LogP contribution in [0.2, 0.25) is 0 Å². The van der Waals surface area contributed by atoms with Gasteiger partial charge in [-0.2, -0.15) is 0 Å². The second-order valence-electron chi connectivity index (χ2n) is 9.74. The van der Waals surface area contributed by atoms with Crippen molar-refractivity contribution in [3.05, 3.63) is 70.9 Å². The Kier molecular flexibility index (Phi) is 6.93. The number of aromatic nitrogens is 1. The quantitative estimate of drug-likeness (QED) is 0.364. The number of carbonyl (C=O) groups excluding carboxylic acids is 3. The first-order valence-corrected chi connectivity index (χ1v) is 11.8. The SMILES string of the molecule is CN(C)CCc1c(C(=O)OCc2ccccc2)[nH]c2ccc(CCN3C(=O)NC(C)(C)C3=O)cc12. The van der Waals surface area contributed by atoms with Crippen LogP contribution in [-0.2, 0) is 29.0 Å². The van der Waals surface area contributed by atoms with Crippen LogP contribution in [0.4, 0.5) is 4.79 Å². The lowest BCUT2D eigenvalue weighted by Gasteiger charge is -2.16. The maximum atomic E-state index is 13.0. The van der Waals surface area contributed by atoms with E-state index in [1.807, 2.05) is 62.6 Å². The molecule has 1 fully saturated rings. The van der Waals surface area contributed by atoms with E-state index in [4.69, 9.17) is 4.74 Å². The molecule has 0 saturated carbocycles. The number of carbonyl (C=O) groups is 3. The van der Waals surface area contributed by atoms with Gasteiger partial charge in [-0.25, -0.2) is 9.59 Å². The molecule has 1 saturated heterocycles. The second kappa shape index (κ2) is 9.92. The largest absolute Gasteiger partial charge is 0.456 e. The van der Waals surface area contributed by atoms with Gasteiger partial charge in [0.05, 0.1) is 0 Å². The molecular weight excluding hydrogens is 444 g/mol. The number of rotatable bonds is 9. The van der Waals surface area contributed by atoms with E-state index in [-0.39, 0.29) is 24.5 Å². The standard InChI is InChI=1S/C27H32N4O4/c1-27(2)25(33)31(26(34)29-27)15-12-18-10-11-22-21(16-18)20(13-14-30(3)4)23(28-22)24(32)35-17-19-8-6-5-7-9-19/h5-11,16,28H,12-15,17H2,1-4H3,(H,29,34). The molecule has 3 amide bonds. The Balaban J connectivity index is 1.56. The topological polar surface area (TPSA) is 94.7 Å². The highest BCUT2D eigenvalue weighted by molar-refractivity contribution is 6.06. The number of esters is 1. The summed E-state index contributed by atoms with van der Waals surface area (Å²) in [4.78, 5) is 44.3. The molecule has 4 rings (SSSR count). The number of imide groups is 1. The van der Waals surface area contributed by atoms with Crippen molar-refractivity contribution in [2.24, 2.45) is 0 Å². The summed E-state index contributed by atoms with van der Waals surface area (Å²) in [6.45, 7) is 4.68. The van der Waals surface area contributed by atoms with Gasteiger partial charge in [-0.05, 0) is 69.6 Å². The van der Waals surface area contributed by atoms with Crippen LogP contribution < -0.4 is 5.32 Å². The van der Waals surface area contributed by atoms with Crippen LogP contribution in [0.1, 0.15) is 41.0 Å². The summed E-state index contributed by atoms with van der Waals surface area (Å²) in [6.07, 6.45) is 1.20. The van der Waals surface area contributed by atoms with Gasteiger partial charge < -0.3 is 19.9 Å². The molecular formula is C27H32N4O4. The fourth-order valence-electron chi connectivity index (χ4n) is 4.28. The van der Waals surface area contributed by atoms with Crippen LogP contribution in [0.15, 0.2) is 48.5 Å². The summed E-state index contributed by atoms with van der Waals surface area (Å²) in [5.41, 5.74) is 3.26. The zero-order valence-corrected chi connectivity index (χ0v) is 20.7. The van der Waals surface area contributed by atoms with Crippen molar-refractivity contribution in [2.75, 3.05) is 27.2 Å². The molecule has 0 radical (unpaired) electrons. The average molecular weight is 477 g/mol. The molecule has 0 atom stereocenters. The number of urea groups is 1. The fourth-order valence-corrected chi connectivity index (χ4v) is 4.28. The Morgan fingerprint density at radius 1 is 1.03 bits per heavy atom. The van der Waals surface area contributed by atoms with Crippen LogP contribution in [0.3, 0.4) is 0 Å². The normalized spacial score (nSPS) is 15.2. The summed E-state index contributed by atoms with van der Waals surface area (Å²) in [6, 6.07) is 15.2. The molecule has 3 aromatic rings. The van der Waals surface area contributed by atoms with Gasteiger partial charge in [0.15, 0.2) is 0 Å². The molecule has 1 aromatic heterocycles. The van der Waals surface area contributed by atoms with Gasteiger partial charge in [0.2, 0.25) is 0 Å². The Hall–Kier alpha value is -3.65. The second-order valence-corrected chi connectivity index (χ2v) is 9.74. The maximum absolute atomic E-state index is 13.0. The Labute approximate surface area is 205 Å². The lowest BCUT2D eigenvalue weighted by Crippen LogP contribution is -2.40. The molecule has 0 unspecified atom stereocenters. The lowest BCUT2D eigenvalue weighted by atomic mass is 10.0. The van der Waals surface area contributed by atoms with E-state index < -0.39 is 5.54 Å². The molecule has 2 aromatic carbocycles. The summed E-state index contributed by atoms with van der Waals surface area (Å²) in [7, 11) is 3.99. The van der Waals surface area contributed by atoms with Gasteiger partial charge in [-0.15, -0.1) is 0 Å². The zero-order chi connectivity index (χ0) is 25.2. The van der Waals surface area contributed by atoms with Crippen molar-refractivity contribution in [3.8, 4) is 0 Å². The monoisotopic (exact) mass is 476 g/mol. The van der Waals surface area contributed by atoms with Crippen molar-refractivity contribution in [2.45, 2.75) is 38.8 Å². The number of nitrogens with zero attached hydrogens (tertiary/aromatic N) is 2. The van der Waals surface area contributed by atoms with E-state index in [1.165, 1.54) is 4.90 Å². The van der Waals surface area contributed by atoms with E-state index in [0.29, 0.717) is 25.1 Å². The van der Waals surface area contributed by atoms with E-state index in [1.54, 1.807) is 13.8 Å². The number of fused-ring (bicyclic) bond motifs is 1. The summed E-state index contributed by atoms with van der Waals surface area (Å²) < 4.78 is 5.61. The highest BCUT2D eigenvalue weighted by atomic mass is 16.5. The van der Waals surface area contributed by atoms with E-state index in [0.717, 1.165) is 34.1 Å². The number of aromatic amines is 1. The van der Waals surface area contributed by atoms with Gasteiger partial charge in [0.25, 0.3) is 5.91 Å². The lowest BCUT2D eigenvalue weighted by molar-refractivity contribution is -0.130. The molecule has 1 aliphatic rings. The zero-order valence-electron chi connectivity index (χ0n) is 20.7. The van der Waals surface area contributed by atoms with Crippen molar-refractivity contribution in [1.82, 2.24) is 20.1 Å². The first-order valence-electron chi connectivity index (χ1n) is 11.8. The molecule has 0 aliphatic carbocycles. The average Bonchev–Trinajstić information content (AvgIpc) is 3.28. The first-order chi connectivity index (χ1) is 16.7. The molecule has 0 bridgehead atoms. The highest BCUT2D eigenvalue weighted by Gasteiger charge is 2.43. The molecule has 0 spiro atoms. The summed E-state index contributed by atoms with van der Waals surface area (Å²) in [5, 5.41) is 3.66. The third-order valence-corrected chi connectivity index (χ3v) is 6.26. The molecule has 1 aliphatic heterocycles. The minimum Gasteiger partial charge on any atom is -0.456 e. The minimum atomic E-state index is -0.879. The number of likely N-dealkylation sites (N-methyl/N-ethyl adjacent to an activating group) is 1. The number of hydrogen-bond acceptors (Lipinski definition) is 5. The van der Waals surface area contributed by atoms with Gasteiger partial charge >= 0.3 is 12.0 Å². The predicted octanol–water partition coefficient (Wildman–Crippen LogP) is 3.50. The van der Waals surface area contributed by atoms with E-state index in [2.05, 4.69) is 15.2 Å². The van der Waals surface area contributed by atoms with Gasteiger partial charge in [-0.3, -0.25) is 9.69 Å². The Morgan fingerprint density at radius 3 is 2.43 bits per heavy atom. The van der Waals surface area contributed by atoms with Crippen LogP contribution >= 0.6 is 0 Å². The van der Waals surface area contributed by atoms with Crippen molar-refractivity contribution < 1.29 is 19.1 Å². The number of hydrogen-bond donors (Lipinski definition) is 2. The molecule has 184 valence electrons. The van der Waals surface area contributed by atoms with E-state index >= 15 is 0 Å². The smallest absolute Gasteiger partial charge is 0.355 e. The highest BCUT2D eigenvalue weighted by Crippen LogP contribution is 2.26. The summed E-state index contributed by atoms with van der Waals surface area (Å²) in [5.74, 6) is -0.609. The predicted molar refractivity (Wildman–Crippen MR) is 134 cm³/mol. The molecule has 2 N–H and O–H groups in total. The third-order valence-electron chi connectivity index (χ3n) is 6.26. The number of ether oxygens (including phenoxy) is 1. The Bertz CT molecular complexity index is 1250. The fraction of sp³-hybridized carbons (Fsp3) is 0.370. The Morgan fingerprint density at radius 2 is 1.77 bits per heavy atom. The molecule has 35 heavy (non-hydrogen) atoms. The number of nitrogens with one attached hydrogen (secondary N) is 2. The number of H-pyrrole nitrogens is 1. The first kappa shape index (κ1) is 24.5. The van der Waals surface area contributed by atoms with Crippen molar-refractivity contribution in [3.63, 3.8) is 0 Å². The van der Waals surface area contributed by atoms with Crippen LogP contribution in [-0.4, -0.2) is 65.4 Å². The van der Waals surface area contributed by atoms with Gasteiger partial charge in [-0.1, -0.05) is 36.4 Å². The van der Waals surface area contributed by atoms with Gasteiger partial charge in [0.1, 0.15) is 17.8 Å². The minimum absolute atomic E-state index is 0.204. The third kappa shape index (κ3) is 5.38. The van der Waals surface area contributed by atoms with Crippen LogP contribution in [0.5, 0.6) is 0 Å². The number of amides is 3. The number of benzene rings is 2. The molecule has 2 heterocycles. The molecule has 8 nitrogen and oxygen atoms in total. The van der Waals surface area contributed by atoms with Crippen LogP contribution in [0, 0.1) is 0 Å². The summed E-state index contributed by atoms with van der Waals surface area (Å²) >= 11 is 0. The maximum Gasteiger partial charge on any atom is 0.355 e. The van der Waals surface area contributed by atoms with Crippen LogP contribution in [0.25, 0.3) is 10.9 Å². The van der Waals surface area contributed by atoms with E-state index in [9.17, 15) is 14.4 Å². The van der Waals surface area contributed by atoms with Crippen molar-refractivity contribution in [1.29, 1.82) is 0 Å².